The van der Waals surface area contributed by atoms with E-state index in [1.807, 2.05) is 25.1 Å². The van der Waals surface area contributed by atoms with Gasteiger partial charge in [-0.2, -0.15) is 0 Å². The molecule has 0 aliphatic carbocycles. The molecule has 0 aliphatic rings. The first-order valence-corrected chi connectivity index (χ1v) is 6.23. The SMILES string of the molecule is CC(NC(=O)Nc1ccc(F)cc1)c1cccc(N)c1. The van der Waals surface area contributed by atoms with Crippen LogP contribution in [0.5, 0.6) is 0 Å². The Kier molecular flexibility index (Phi) is 4.20. The Balaban J connectivity index is 1.95. The number of urea groups is 1. The number of hydrogen-bond donors (Lipinski definition) is 3. The summed E-state index contributed by atoms with van der Waals surface area (Å²) in [4.78, 5) is 11.8. The van der Waals surface area contributed by atoms with E-state index in [2.05, 4.69) is 10.6 Å². The van der Waals surface area contributed by atoms with Crippen molar-refractivity contribution in [3.63, 3.8) is 0 Å². The number of benzene rings is 2. The lowest BCUT2D eigenvalue weighted by atomic mass is 10.1. The normalized spacial score (nSPS) is 11.7. The van der Waals surface area contributed by atoms with E-state index in [9.17, 15) is 9.18 Å². The highest BCUT2D eigenvalue weighted by Crippen LogP contribution is 2.15. The number of halogens is 1. The molecule has 5 heteroatoms. The van der Waals surface area contributed by atoms with Crippen molar-refractivity contribution in [2.24, 2.45) is 0 Å². The number of nitrogens with two attached hydrogens (primary N) is 1. The molecule has 104 valence electrons. The molecule has 2 aromatic rings. The number of rotatable bonds is 3. The number of hydrogen-bond acceptors (Lipinski definition) is 2. The van der Waals surface area contributed by atoms with Gasteiger partial charge in [-0.25, -0.2) is 9.18 Å². The highest BCUT2D eigenvalue weighted by atomic mass is 19.1. The minimum absolute atomic E-state index is 0.182. The zero-order valence-electron chi connectivity index (χ0n) is 11.1. The van der Waals surface area contributed by atoms with Crippen LogP contribution in [0.25, 0.3) is 0 Å². The molecule has 0 radical (unpaired) electrons. The van der Waals surface area contributed by atoms with Crippen molar-refractivity contribution in [1.82, 2.24) is 5.32 Å². The molecule has 2 rings (SSSR count). The summed E-state index contributed by atoms with van der Waals surface area (Å²) in [5, 5.41) is 5.42. The van der Waals surface area contributed by atoms with E-state index in [4.69, 9.17) is 5.73 Å². The first kappa shape index (κ1) is 13.9. The molecule has 0 saturated heterocycles. The Hall–Kier alpha value is -2.56. The van der Waals surface area contributed by atoms with Gasteiger partial charge in [-0.1, -0.05) is 12.1 Å². The molecule has 0 saturated carbocycles. The second-order valence-corrected chi connectivity index (χ2v) is 4.50. The Bertz CT molecular complexity index is 598. The molecule has 1 atom stereocenters. The lowest BCUT2D eigenvalue weighted by Gasteiger charge is -2.15. The fraction of sp³-hybridized carbons (Fsp3) is 0.133. The lowest BCUT2D eigenvalue weighted by Crippen LogP contribution is -2.31. The molecule has 4 N–H and O–H groups in total. The summed E-state index contributed by atoms with van der Waals surface area (Å²) in [6.45, 7) is 1.86. The van der Waals surface area contributed by atoms with Gasteiger partial charge >= 0.3 is 6.03 Å². The van der Waals surface area contributed by atoms with Gasteiger partial charge in [0.25, 0.3) is 0 Å². The lowest BCUT2D eigenvalue weighted by molar-refractivity contribution is 0.249. The molecule has 2 amide bonds. The van der Waals surface area contributed by atoms with Crippen molar-refractivity contribution in [3.8, 4) is 0 Å². The minimum atomic E-state index is -0.355. The summed E-state index contributed by atoms with van der Waals surface area (Å²) in [6, 6.07) is 12.4. The standard InChI is InChI=1S/C15H16FN3O/c1-10(11-3-2-4-13(17)9-11)18-15(20)19-14-7-5-12(16)6-8-14/h2-10H,17H2,1H3,(H2,18,19,20). The van der Waals surface area contributed by atoms with Crippen molar-refractivity contribution in [3.05, 3.63) is 59.9 Å². The summed E-state index contributed by atoms with van der Waals surface area (Å²) < 4.78 is 12.8. The smallest absolute Gasteiger partial charge is 0.319 e. The Labute approximate surface area is 116 Å². The summed E-state index contributed by atoms with van der Waals surface area (Å²) in [6.07, 6.45) is 0. The Morgan fingerprint density at radius 2 is 1.90 bits per heavy atom. The van der Waals surface area contributed by atoms with Crippen LogP contribution < -0.4 is 16.4 Å². The minimum Gasteiger partial charge on any atom is -0.399 e. The van der Waals surface area contributed by atoms with Gasteiger partial charge in [-0.15, -0.1) is 0 Å². The van der Waals surface area contributed by atoms with Crippen LogP contribution in [0.2, 0.25) is 0 Å². The number of nitrogens with one attached hydrogen (secondary N) is 2. The van der Waals surface area contributed by atoms with Crippen LogP contribution in [-0.2, 0) is 0 Å². The average molecular weight is 273 g/mol. The van der Waals surface area contributed by atoms with E-state index in [-0.39, 0.29) is 17.9 Å². The largest absolute Gasteiger partial charge is 0.399 e. The topological polar surface area (TPSA) is 67.2 Å². The van der Waals surface area contributed by atoms with Gasteiger partial charge < -0.3 is 16.4 Å². The van der Waals surface area contributed by atoms with Crippen LogP contribution in [0, 0.1) is 5.82 Å². The Morgan fingerprint density at radius 3 is 2.55 bits per heavy atom. The molecule has 2 aromatic carbocycles. The molecule has 0 bridgehead atoms. The van der Waals surface area contributed by atoms with Gasteiger partial charge in [-0.3, -0.25) is 0 Å². The second-order valence-electron chi connectivity index (χ2n) is 4.50. The van der Waals surface area contributed by atoms with E-state index < -0.39 is 0 Å². The quantitative estimate of drug-likeness (QED) is 0.751. The van der Waals surface area contributed by atoms with Gasteiger partial charge in [0.1, 0.15) is 5.82 Å². The predicted molar refractivity (Wildman–Crippen MR) is 77.8 cm³/mol. The third-order valence-corrected chi connectivity index (χ3v) is 2.86. The van der Waals surface area contributed by atoms with E-state index >= 15 is 0 Å². The molecule has 0 aromatic heterocycles. The number of nitrogen functional groups attached to an aromatic ring is 1. The van der Waals surface area contributed by atoms with Gasteiger partial charge in [0, 0.05) is 11.4 Å². The van der Waals surface area contributed by atoms with Gasteiger partial charge in [0.05, 0.1) is 6.04 Å². The molecule has 4 nitrogen and oxygen atoms in total. The molecule has 0 spiro atoms. The van der Waals surface area contributed by atoms with Crippen LogP contribution in [0.4, 0.5) is 20.6 Å². The van der Waals surface area contributed by atoms with Crippen molar-refractivity contribution in [1.29, 1.82) is 0 Å². The van der Waals surface area contributed by atoms with Crippen molar-refractivity contribution >= 4 is 17.4 Å². The maximum Gasteiger partial charge on any atom is 0.319 e. The average Bonchev–Trinajstić information content (AvgIpc) is 2.41. The summed E-state index contributed by atoms with van der Waals surface area (Å²) in [7, 11) is 0. The fourth-order valence-electron chi connectivity index (χ4n) is 1.81. The molecule has 1 unspecified atom stereocenters. The van der Waals surface area contributed by atoms with Crippen LogP contribution in [-0.4, -0.2) is 6.03 Å². The monoisotopic (exact) mass is 273 g/mol. The van der Waals surface area contributed by atoms with Crippen LogP contribution >= 0.6 is 0 Å². The first-order valence-electron chi connectivity index (χ1n) is 6.23. The van der Waals surface area contributed by atoms with E-state index in [1.54, 1.807) is 6.07 Å². The first-order chi connectivity index (χ1) is 9.54. The predicted octanol–water partition coefficient (Wildman–Crippen LogP) is 3.29. The zero-order valence-corrected chi connectivity index (χ0v) is 11.1. The number of amides is 2. The maximum absolute atomic E-state index is 12.8. The highest BCUT2D eigenvalue weighted by Gasteiger charge is 2.09. The molecular formula is C15H16FN3O. The number of carbonyl (C=O) groups excluding carboxylic acids is 1. The molecule has 0 heterocycles. The maximum atomic E-state index is 12.8. The second kappa shape index (κ2) is 6.06. The van der Waals surface area contributed by atoms with Gasteiger partial charge in [-0.05, 0) is 48.9 Å². The zero-order chi connectivity index (χ0) is 14.5. The van der Waals surface area contributed by atoms with Crippen molar-refractivity contribution in [2.75, 3.05) is 11.1 Å². The van der Waals surface area contributed by atoms with Crippen LogP contribution in [0.1, 0.15) is 18.5 Å². The third kappa shape index (κ3) is 3.71. The van der Waals surface area contributed by atoms with Crippen molar-refractivity contribution in [2.45, 2.75) is 13.0 Å². The third-order valence-electron chi connectivity index (χ3n) is 2.86. The number of anilines is 2. The summed E-state index contributed by atoms with van der Waals surface area (Å²) in [5.41, 5.74) is 7.80. The van der Waals surface area contributed by atoms with E-state index in [0.29, 0.717) is 11.4 Å². The molecular weight excluding hydrogens is 257 g/mol. The Morgan fingerprint density at radius 1 is 1.20 bits per heavy atom. The summed E-state index contributed by atoms with van der Waals surface area (Å²) >= 11 is 0. The van der Waals surface area contributed by atoms with Gasteiger partial charge in [0.15, 0.2) is 0 Å². The van der Waals surface area contributed by atoms with Gasteiger partial charge in [0.2, 0.25) is 0 Å². The highest BCUT2D eigenvalue weighted by molar-refractivity contribution is 5.89. The molecule has 20 heavy (non-hydrogen) atoms. The number of carbonyl (C=O) groups is 1. The van der Waals surface area contributed by atoms with Crippen LogP contribution in [0.15, 0.2) is 48.5 Å². The van der Waals surface area contributed by atoms with Crippen molar-refractivity contribution < 1.29 is 9.18 Å². The summed E-state index contributed by atoms with van der Waals surface area (Å²) in [5.74, 6) is -0.343. The van der Waals surface area contributed by atoms with E-state index in [1.165, 1.54) is 24.3 Å². The van der Waals surface area contributed by atoms with E-state index in [0.717, 1.165) is 5.56 Å². The molecule has 0 aliphatic heterocycles. The fourth-order valence-corrected chi connectivity index (χ4v) is 1.81. The van der Waals surface area contributed by atoms with Crippen LogP contribution in [0.3, 0.4) is 0 Å². The molecule has 0 fully saturated rings.